The number of amides is 3. The van der Waals surface area contributed by atoms with Crippen LogP contribution in [0, 0.1) is 0 Å². The molecule has 0 radical (unpaired) electrons. The van der Waals surface area contributed by atoms with E-state index in [0.717, 1.165) is 29.0 Å². The Balaban J connectivity index is 1.34. The summed E-state index contributed by atoms with van der Waals surface area (Å²) in [6.07, 6.45) is 1.28. The maximum atomic E-state index is 12.8. The average Bonchev–Trinajstić information content (AvgIpc) is 3.52. The number of hydrogen-bond acceptors (Lipinski definition) is 6. The Morgan fingerprint density at radius 1 is 1.06 bits per heavy atom. The van der Waals surface area contributed by atoms with Crippen LogP contribution in [0.25, 0.3) is 0 Å². The number of aryl methyl sites for hydroxylation is 1. The standard InChI is InChI=1S/C23H23N3O4S2/c27-18(19-5-2-12-31-19)9-10-24-21(28)22(29)25-16-7-8-17-15(14-16)4-1-11-26(17)23(30)20-6-3-13-32-20/h2-3,5-8,12-14,18,27H,1,4,9-11H2,(H,24,28)(H,25,29)/t18-/m1/s1. The Hall–Kier alpha value is -3.01. The molecule has 0 fully saturated rings. The highest BCUT2D eigenvalue weighted by Crippen LogP contribution is 2.31. The van der Waals surface area contributed by atoms with Gasteiger partial charge in [0.2, 0.25) is 0 Å². The van der Waals surface area contributed by atoms with Gasteiger partial charge in [-0.2, -0.15) is 0 Å². The maximum Gasteiger partial charge on any atom is 0.313 e. The number of nitrogens with one attached hydrogen (secondary N) is 2. The third-order valence-corrected chi connectivity index (χ3v) is 7.05. The molecule has 3 heterocycles. The lowest BCUT2D eigenvalue weighted by atomic mass is 10.0. The first-order chi connectivity index (χ1) is 15.5. The summed E-state index contributed by atoms with van der Waals surface area (Å²) in [4.78, 5) is 40.5. The molecule has 166 valence electrons. The molecule has 1 aliphatic rings. The minimum atomic E-state index is -0.766. The molecule has 0 unspecified atom stereocenters. The van der Waals surface area contributed by atoms with Crippen molar-refractivity contribution in [2.75, 3.05) is 23.3 Å². The van der Waals surface area contributed by atoms with E-state index >= 15 is 0 Å². The summed E-state index contributed by atoms with van der Waals surface area (Å²) in [7, 11) is 0. The summed E-state index contributed by atoms with van der Waals surface area (Å²) in [5, 5.41) is 19.0. The molecular weight excluding hydrogens is 446 g/mol. The number of rotatable bonds is 6. The van der Waals surface area contributed by atoms with Gasteiger partial charge < -0.3 is 20.6 Å². The summed E-state index contributed by atoms with van der Waals surface area (Å²) in [6, 6.07) is 12.7. The molecule has 3 N–H and O–H groups in total. The molecule has 3 amide bonds. The second-order valence-electron chi connectivity index (χ2n) is 7.41. The minimum Gasteiger partial charge on any atom is -0.388 e. The van der Waals surface area contributed by atoms with Gasteiger partial charge in [-0.05, 0) is 65.9 Å². The van der Waals surface area contributed by atoms with E-state index in [1.165, 1.54) is 22.7 Å². The van der Waals surface area contributed by atoms with E-state index in [1.807, 2.05) is 47.2 Å². The number of aliphatic hydroxyl groups is 1. The van der Waals surface area contributed by atoms with Crippen LogP contribution in [0.2, 0.25) is 0 Å². The average molecular weight is 470 g/mol. The normalized spacial score (nSPS) is 13.8. The van der Waals surface area contributed by atoms with Crippen LogP contribution in [0.1, 0.15) is 39.1 Å². The lowest BCUT2D eigenvalue weighted by Gasteiger charge is -2.29. The fourth-order valence-corrected chi connectivity index (χ4v) is 5.05. The van der Waals surface area contributed by atoms with Crippen molar-refractivity contribution < 1.29 is 19.5 Å². The molecular formula is C23H23N3O4S2. The van der Waals surface area contributed by atoms with Crippen molar-refractivity contribution in [3.05, 3.63) is 68.5 Å². The Labute approximate surface area is 193 Å². The molecule has 1 aliphatic heterocycles. The van der Waals surface area contributed by atoms with Crippen molar-refractivity contribution in [1.29, 1.82) is 0 Å². The van der Waals surface area contributed by atoms with Gasteiger partial charge in [-0.3, -0.25) is 14.4 Å². The molecule has 7 nitrogen and oxygen atoms in total. The van der Waals surface area contributed by atoms with E-state index in [1.54, 1.807) is 11.0 Å². The summed E-state index contributed by atoms with van der Waals surface area (Å²) >= 11 is 2.86. The molecule has 0 saturated carbocycles. The lowest BCUT2D eigenvalue weighted by Crippen LogP contribution is -2.36. The fraction of sp³-hybridized carbons (Fsp3) is 0.261. The van der Waals surface area contributed by atoms with Crippen LogP contribution in [0.3, 0.4) is 0 Å². The van der Waals surface area contributed by atoms with Crippen LogP contribution >= 0.6 is 22.7 Å². The third-order valence-electron chi connectivity index (χ3n) is 5.21. The Morgan fingerprint density at radius 3 is 2.62 bits per heavy atom. The van der Waals surface area contributed by atoms with E-state index in [4.69, 9.17) is 0 Å². The summed E-state index contributed by atoms with van der Waals surface area (Å²) in [5.74, 6) is -1.55. The third kappa shape index (κ3) is 5.07. The Bertz CT molecular complexity index is 1100. The molecule has 1 atom stereocenters. The maximum absolute atomic E-state index is 12.8. The van der Waals surface area contributed by atoms with E-state index in [0.29, 0.717) is 23.5 Å². The van der Waals surface area contributed by atoms with Crippen LogP contribution < -0.4 is 15.5 Å². The van der Waals surface area contributed by atoms with Crippen LogP contribution in [0.4, 0.5) is 11.4 Å². The van der Waals surface area contributed by atoms with Crippen molar-refractivity contribution in [2.45, 2.75) is 25.4 Å². The molecule has 2 aromatic heterocycles. The van der Waals surface area contributed by atoms with E-state index < -0.39 is 17.9 Å². The van der Waals surface area contributed by atoms with Crippen LogP contribution in [0.5, 0.6) is 0 Å². The molecule has 32 heavy (non-hydrogen) atoms. The van der Waals surface area contributed by atoms with Gasteiger partial charge in [0.05, 0.1) is 11.0 Å². The number of carbonyl (C=O) groups excluding carboxylic acids is 3. The van der Waals surface area contributed by atoms with Crippen molar-refractivity contribution in [3.63, 3.8) is 0 Å². The highest BCUT2D eigenvalue weighted by Gasteiger charge is 2.25. The van der Waals surface area contributed by atoms with Gasteiger partial charge in [-0.1, -0.05) is 12.1 Å². The quantitative estimate of drug-likeness (QED) is 0.481. The summed E-state index contributed by atoms with van der Waals surface area (Å²) in [6.45, 7) is 0.838. The summed E-state index contributed by atoms with van der Waals surface area (Å²) in [5.41, 5.74) is 2.30. The molecule has 9 heteroatoms. The number of hydrogen-bond donors (Lipinski definition) is 3. The van der Waals surface area contributed by atoms with E-state index in [-0.39, 0.29) is 12.5 Å². The number of thiophene rings is 2. The number of aliphatic hydroxyl groups excluding tert-OH is 1. The molecule has 0 saturated heterocycles. The van der Waals surface area contributed by atoms with Crippen molar-refractivity contribution in [2.24, 2.45) is 0 Å². The zero-order chi connectivity index (χ0) is 22.5. The van der Waals surface area contributed by atoms with Crippen molar-refractivity contribution in [1.82, 2.24) is 5.32 Å². The van der Waals surface area contributed by atoms with Gasteiger partial charge in [0, 0.05) is 29.3 Å². The van der Waals surface area contributed by atoms with E-state index in [2.05, 4.69) is 10.6 Å². The highest BCUT2D eigenvalue weighted by atomic mass is 32.1. The van der Waals surface area contributed by atoms with Gasteiger partial charge in [0.15, 0.2) is 0 Å². The number of fused-ring (bicyclic) bond motifs is 1. The molecule has 4 rings (SSSR count). The first-order valence-electron chi connectivity index (χ1n) is 10.3. The Morgan fingerprint density at radius 2 is 1.88 bits per heavy atom. The minimum absolute atomic E-state index is 0.0261. The topological polar surface area (TPSA) is 98.7 Å². The zero-order valence-corrected chi connectivity index (χ0v) is 18.9. The van der Waals surface area contributed by atoms with Gasteiger partial charge in [0.25, 0.3) is 5.91 Å². The Kier molecular flexibility index (Phi) is 6.99. The van der Waals surface area contributed by atoms with Crippen LogP contribution in [0.15, 0.2) is 53.2 Å². The highest BCUT2D eigenvalue weighted by molar-refractivity contribution is 7.12. The zero-order valence-electron chi connectivity index (χ0n) is 17.2. The smallest absolute Gasteiger partial charge is 0.313 e. The SMILES string of the molecule is O=C(NCC[C@@H](O)c1cccs1)C(=O)Nc1ccc2c(c1)CCCN2C(=O)c1cccs1. The predicted molar refractivity (Wildman–Crippen MR) is 126 cm³/mol. The van der Waals surface area contributed by atoms with Gasteiger partial charge in [-0.15, -0.1) is 22.7 Å². The molecule has 0 spiro atoms. The monoisotopic (exact) mass is 469 g/mol. The number of anilines is 2. The fourth-order valence-electron chi connectivity index (χ4n) is 3.63. The lowest BCUT2D eigenvalue weighted by molar-refractivity contribution is -0.136. The first kappa shape index (κ1) is 22.2. The van der Waals surface area contributed by atoms with Crippen molar-refractivity contribution >= 4 is 51.8 Å². The molecule has 0 bridgehead atoms. The largest absolute Gasteiger partial charge is 0.388 e. The van der Waals surface area contributed by atoms with E-state index in [9.17, 15) is 19.5 Å². The van der Waals surface area contributed by atoms with Crippen molar-refractivity contribution in [3.8, 4) is 0 Å². The van der Waals surface area contributed by atoms with Crippen LogP contribution in [-0.4, -0.2) is 35.9 Å². The second-order valence-corrected chi connectivity index (χ2v) is 9.34. The first-order valence-corrected chi connectivity index (χ1v) is 12.1. The second kappa shape index (κ2) is 10.1. The van der Waals surface area contributed by atoms with Gasteiger partial charge in [-0.25, -0.2) is 0 Å². The van der Waals surface area contributed by atoms with Gasteiger partial charge in [0.1, 0.15) is 0 Å². The molecule has 0 aliphatic carbocycles. The number of carbonyl (C=O) groups is 3. The van der Waals surface area contributed by atoms with Crippen LogP contribution in [-0.2, 0) is 16.0 Å². The summed E-state index contributed by atoms with van der Waals surface area (Å²) < 4.78 is 0. The number of nitrogens with zero attached hydrogens (tertiary/aromatic N) is 1. The predicted octanol–water partition coefficient (Wildman–Crippen LogP) is 3.58. The number of benzene rings is 1. The molecule has 3 aromatic rings. The van der Waals surface area contributed by atoms with Gasteiger partial charge >= 0.3 is 11.8 Å². The molecule has 1 aromatic carbocycles.